The number of pyridine rings is 1. The molecule has 3 aliphatic heterocycles. The molecule has 16 heteroatoms. The molecule has 69 heavy (non-hydrogen) atoms. The van der Waals surface area contributed by atoms with Crippen molar-refractivity contribution in [3.05, 3.63) is 130 Å². The van der Waals surface area contributed by atoms with Crippen LogP contribution >= 0.6 is 0 Å². The number of carbonyl (C=O) groups is 3. The van der Waals surface area contributed by atoms with E-state index in [0.717, 1.165) is 43.6 Å². The minimum absolute atomic E-state index is 0.0284. The Kier molecular flexibility index (Phi) is 16.0. The smallest absolute Gasteiger partial charge is 0.410 e. The van der Waals surface area contributed by atoms with Crippen molar-refractivity contribution in [3.63, 3.8) is 0 Å². The van der Waals surface area contributed by atoms with Crippen LogP contribution in [0.3, 0.4) is 0 Å². The lowest BCUT2D eigenvalue weighted by molar-refractivity contribution is -0.0336. The van der Waals surface area contributed by atoms with Gasteiger partial charge < -0.3 is 48.1 Å². The fourth-order valence-electron chi connectivity index (χ4n) is 8.54. The number of aromatic amines is 1. The Hall–Kier alpha value is -6.10. The Morgan fingerprint density at radius 3 is 2.35 bits per heavy atom. The van der Waals surface area contributed by atoms with Crippen LogP contribution in [0.2, 0.25) is 18.1 Å². The first-order valence-corrected chi connectivity index (χ1v) is 26.9. The number of rotatable bonds is 18. The van der Waals surface area contributed by atoms with Gasteiger partial charge in [-0.05, 0) is 137 Å². The highest BCUT2D eigenvalue weighted by molar-refractivity contribution is 6.74. The molecule has 3 aromatic carbocycles. The van der Waals surface area contributed by atoms with Gasteiger partial charge in [-0.1, -0.05) is 69.3 Å². The topological polar surface area (TPSA) is 182 Å². The van der Waals surface area contributed by atoms with E-state index in [0.29, 0.717) is 41.2 Å². The van der Waals surface area contributed by atoms with Crippen molar-refractivity contribution in [1.82, 2.24) is 20.1 Å². The predicted octanol–water partition coefficient (Wildman–Crippen LogP) is 10.3. The van der Waals surface area contributed by atoms with E-state index < -0.39 is 44.2 Å². The number of phenols is 1. The third-order valence-electron chi connectivity index (χ3n) is 13.3. The Morgan fingerprint density at radius 1 is 0.913 bits per heavy atom. The molecule has 0 spiro atoms. The van der Waals surface area contributed by atoms with Crippen molar-refractivity contribution in [2.24, 2.45) is 5.92 Å². The molecule has 2 amide bonds. The minimum atomic E-state index is -2.46. The average molecular weight is 965 g/mol. The number of benzene rings is 3. The second-order valence-corrected chi connectivity index (χ2v) is 25.4. The van der Waals surface area contributed by atoms with E-state index in [1.807, 2.05) is 54.6 Å². The third kappa shape index (κ3) is 13.4. The molecule has 2 bridgehead atoms. The summed E-state index contributed by atoms with van der Waals surface area (Å²) in [5, 5.41) is 14.2. The van der Waals surface area contributed by atoms with E-state index in [-0.39, 0.29) is 60.0 Å². The first kappa shape index (κ1) is 50.8. The summed E-state index contributed by atoms with van der Waals surface area (Å²) in [6.07, 6.45) is 1.26. The zero-order valence-corrected chi connectivity index (χ0v) is 42.2. The molecule has 0 saturated carbocycles. The number of furan rings is 1. The Labute approximate surface area is 405 Å². The van der Waals surface area contributed by atoms with Crippen molar-refractivity contribution in [2.45, 2.75) is 116 Å². The average Bonchev–Trinajstić information content (AvgIpc) is 3.79. The van der Waals surface area contributed by atoms with Gasteiger partial charge >= 0.3 is 18.2 Å². The van der Waals surface area contributed by atoms with Crippen LogP contribution in [0, 0.1) is 5.92 Å². The van der Waals surface area contributed by atoms with Gasteiger partial charge in [-0.15, -0.1) is 0 Å². The number of aromatic nitrogens is 1. The fraction of sp³-hybridized carbons (Fsp3) is 0.472. The van der Waals surface area contributed by atoms with Gasteiger partial charge in [-0.2, -0.15) is 0 Å². The van der Waals surface area contributed by atoms with Gasteiger partial charge in [0.25, 0.3) is 0 Å². The maximum Gasteiger partial charge on any atom is 0.410 e. The maximum atomic E-state index is 13.8. The van der Waals surface area contributed by atoms with Crippen molar-refractivity contribution >= 4 is 37.4 Å². The van der Waals surface area contributed by atoms with Gasteiger partial charge in [0, 0.05) is 24.5 Å². The number of fused-ring (bicyclic) bond motifs is 4. The third-order valence-corrected chi connectivity index (χ3v) is 17.8. The molecule has 8 rings (SSSR count). The SMILES string of the molecule is CC(C)(C)OC(=O)N(CCCCOC(=O)c1ccc(COc2cccc([C@@H](NC(=O)OC3CN4CCC3CC4)c3ccccc3)c2)o1)CC(O[Si](C)(C)C(C)(C)C)c1ccc(O)c2[nH]c(=O)ccc12. The quantitative estimate of drug-likeness (QED) is 0.0328. The van der Waals surface area contributed by atoms with Gasteiger partial charge in [-0.3, -0.25) is 9.69 Å². The fourth-order valence-corrected chi connectivity index (χ4v) is 9.80. The van der Waals surface area contributed by atoms with Crippen LogP contribution < -0.4 is 15.6 Å². The Balaban J connectivity index is 0.950. The van der Waals surface area contributed by atoms with Crippen LogP contribution in [0.5, 0.6) is 11.5 Å². The number of piperidine rings is 3. The van der Waals surface area contributed by atoms with E-state index in [4.69, 9.17) is 27.8 Å². The standard InChI is InChI=1S/C53H68N4O11Si/c1-52(2,3)67-51(62)57(33-45(68-69(7,8)53(4,5)6)40-20-22-42(58)48-41(40)21-24-46(59)54-48)27-12-13-30-63-49(60)43-23-19-39(65-43)34-64-38-18-14-17-37(31-38)47(36-15-10-9-11-16-36)55-50(61)66-44-32-56-28-25-35(44)26-29-56/h9-11,14-24,31,35,44-45,47,58H,12-13,25-30,32-34H2,1-8H3,(H,54,59)(H,55,61)/t44?,45?,47-/m0/s1. The van der Waals surface area contributed by atoms with Gasteiger partial charge in [0.2, 0.25) is 11.3 Å². The van der Waals surface area contributed by atoms with Crippen LogP contribution in [0.15, 0.2) is 100 Å². The molecule has 2 unspecified atom stereocenters. The second-order valence-electron chi connectivity index (χ2n) is 20.6. The van der Waals surface area contributed by atoms with Gasteiger partial charge in [-0.25, -0.2) is 14.4 Å². The van der Waals surface area contributed by atoms with E-state index in [1.165, 1.54) is 12.1 Å². The molecule has 3 aliphatic rings. The Morgan fingerprint density at radius 2 is 1.65 bits per heavy atom. The van der Waals surface area contributed by atoms with Crippen LogP contribution in [0.4, 0.5) is 9.59 Å². The highest BCUT2D eigenvalue weighted by Crippen LogP contribution is 2.42. The molecular formula is C53H68N4O11Si. The van der Waals surface area contributed by atoms with E-state index in [1.54, 1.807) is 49.9 Å². The first-order chi connectivity index (χ1) is 32.7. The summed E-state index contributed by atoms with van der Waals surface area (Å²) in [4.78, 5) is 59.2. The highest BCUT2D eigenvalue weighted by atomic mass is 28.4. The molecule has 3 N–H and O–H groups in total. The number of hydrogen-bond acceptors (Lipinski definition) is 12. The normalized spacial score (nSPS) is 18.0. The summed E-state index contributed by atoms with van der Waals surface area (Å²) in [6.45, 7) is 19.5. The summed E-state index contributed by atoms with van der Waals surface area (Å²) in [5.74, 6) is 0.685. The molecule has 5 heterocycles. The number of nitrogens with zero attached hydrogens (tertiary/aromatic N) is 2. The number of hydrogen-bond donors (Lipinski definition) is 3. The second kappa shape index (κ2) is 21.7. The maximum absolute atomic E-state index is 13.8. The minimum Gasteiger partial charge on any atom is -0.506 e. The van der Waals surface area contributed by atoms with E-state index in [2.05, 4.69) is 49.1 Å². The number of unbranched alkanes of at least 4 members (excludes halogenated alkanes) is 1. The van der Waals surface area contributed by atoms with Crippen LogP contribution in [0.25, 0.3) is 10.9 Å². The number of nitrogens with one attached hydrogen (secondary N) is 2. The lowest BCUT2D eigenvalue weighted by atomic mass is 9.86. The summed E-state index contributed by atoms with van der Waals surface area (Å²) >= 11 is 0. The lowest BCUT2D eigenvalue weighted by Gasteiger charge is -2.43. The van der Waals surface area contributed by atoms with Crippen molar-refractivity contribution in [3.8, 4) is 11.5 Å². The number of ether oxygens (including phenoxy) is 4. The van der Waals surface area contributed by atoms with Crippen molar-refractivity contribution in [1.29, 1.82) is 0 Å². The van der Waals surface area contributed by atoms with Crippen molar-refractivity contribution < 1.29 is 47.3 Å². The summed E-state index contributed by atoms with van der Waals surface area (Å²) in [6, 6.07) is 26.3. The number of alkyl carbamates (subject to hydrolysis) is 1. The molecule has 0 radical (unpaired) electrons. The molecule has 3 atom stereocenters. The number of phenolic OH excluding ortho intramolecular Hbond substituents is 1. The van der Waals surface area contributed by atoms with Crippen molar-refractivity contribution in [2.75, 3.05) is 39.3 Å². The summed E-state index contributed by atoms with van der Waals surface area (Å²) < 4.78 is 36.4. The van der Waals surface area contributed by atoms with E-state index >= 15 is 0 Å². The molecular weight excluding hydrogens is 897 g/mol. The number of carbonyl (C=O) groups excluding carboxylic acids is 3. The molecule has 5 aromatic rings. The predicted molar refractivity (Wildman–Crippen MR) is 265 cm³/mol. The van der Waals surface area contributed by atoms with Gasteiger partial charge in [0.1, 0.15) is 35.6 Å². The molecule has 15 nitrogen and oxygen atoms in total. The van der Waals surface area contributed by atoms with Gasteiger partial charge in [0.15, 0.2) is 8.32 Å². The summed E-state index contributed by atoms with van der Waals surface area (Å²) in [7, 11) is -2.46. The Bertz CT molecular complexity index is 2610. The number of esters is 1. The summed E-state index contributed by atoms with van der Waals surface area (Å²) in [5.41, 5.74) is 1.59. The molecule has 0 aliphatic carbocycles. The largest absolute Gasteiger partial charge is 0.506 e. The zero-order chi connectivity index (χ0) is 49.5. The molecule has 3 saturated heterocycles. The highest BCUT2D eigenvalue weighted by Gasteiger charge is 2.41. The van der Waals surface area contributed by atoms with Crippen LogP contribution in [-0.2, 0) is 25.2 Å². The number of H-pyrrole nitrogens is 1. The van der Waals surface area contributed by atoms with E-state index in [9.17, 15) is 24.3 Å². The monoisotopic (exact) mass is 964 g/mol. The van der Waals surface area contributed by atoms with Gasteiger partial charge in [0.05, 0.1) is 30.8 Å². The van der Waals surface area contributed by atoms with Crippen LogP contribution in [0.1, 0.15) is 112 Å². The number of amides is 2. The molecule has 370 valence electrons. The molecule has 2 aromatic heterocycles. The molecule has 3 fully saturated rings. The lowest BCUT2D eigenvalue weighted by Crippen LogP contribution is -2.52. The number of aromatic hydroxyl groups is 1. The first-order valence-electron chi connectivity index (χ1n) is 24.0. The van der Waals surface area contributed by atoms with Crippen LogP contribution in [-0.4, -0.2) is 97.4 Å². The zero-order valence-electron chi connectivity index (χ0n) is 41.2.